The molecule has 3 aromatic carbocycles. The van der Waals surface area contributed by atoms with E-state index in [1.54, 1.807) is 42.5 Å². The second-order valence-electron chi connectivity index (χ2n) is 9.15. The number of benzene rings is 3. The predicted octanol–water partition coefficient (Wildman–Crippen LogP) is 5.38. The molecule has 3 aromatic rings. The molecule has 7 nitrogen and oxygen atoms in total. The van der Waals surface area contributed by atoms with E-state index in [0.29, 0.717) is 34.1 Å². The van der Waals surface area contributed by atoms with Crippen LogP contribution in [0.1, 0.15) is 58.4 Å². The first kappa shape index (κ1) is 26.2. The van der Waals surface area contributed by atoms with E-state index >= 15 is 0 Å². The van der Waals surface area contributed by atoms with Crippen molar-refractivity contribution in [1.29, 1.82) is 0 Å². The summed E-state index contributed by atoms with van der Waals surface area (Å²) in [6.45, 7) is 0.448. The third kappa shape index (κ3) is 7.82. The van der Waals surface area contributed by atoms with Gasteiger partial charge in [-0.1, -0.05) is 61.2 Å². The van der Waals surface area contributed by atoms with Crippen molar-refractivity contribution < 1.29 is 14.4 Å². The minimum Gasteiger partial charge on any atom is -0.376 e. The molecule has 0 radical (unpaired) electrons. The Morgan fingerprint density at radius 3 is 2.24 bits per heavy atom. The molecule has 1 saturated carbocycles. The highest BCUT2D eigenvalue weighted by molar-refractivity contribution is 6.34. The number of rotatable bonds is 9. The van der Waals surface area contributed by atoms with Gasteiger partial charge in [0.2, 0.25) is 5.91 Å². The van der Waals surface area contributed by atoms with Gasteiger partial charge in [-0.3, -0.25) is 14.4 Å². The summed E-state index contributed by atoms with van der Waals surface area (Å²) in [6.07, 6.45) is 5.43. The molecule has 1 aliphatic carbocycles. The Kier molecular flexibility index (Phi) is 9.16. The molecule has 0 saturated heterocycles. The zero-order chi connectivity index (χ0) is 26.0. The zero-order valence-corrected chi connectivity index (χ0v) is 21.3. The van der Waals surface area contributed by atoms with Crippen LogP contribution in [-0.2, 0) is 11.3 Å². The third-order valence-corrected chi connectivity index (χ3v) is 6.66. The van der Waals surface area contributed by atoms with E-state index in [4.69, 9.17) is 11.6 Å². The highest BCUT2D eigenvalue weighted by atomic mass is 35.5. The molecule has 0 bridgehead atoms. The van der Waals surface area contributed by atoms with E-state index in [-0.39, 0.29) is 30.3 Å². The summed E-state index contributed by atoms with van der Waals surface area (Å²) < 4.78 is 0. The summed E-state index contributed by atoms with van der Waals surface area (Å²) >= 11 is 6.27. The topological polar surface area (TPSA) is 99.3 Å². The summed E-state index contributed by atoms with van der Waals surface area (Å²) in [5, 5.41) is 12.2. The maximum Gasteiger partial charge on any atom is 0.253 e. The van der Waals surface area contributed by atoms with Crippen molar-refractivity contribution in [3.63, 3.8) is 0 Å². The minimum absolute atomic E-state index is 0.00459. The van der Waals surface area contributed by atoms with Crippen molar-refractivity contribution >= 4 is 40.7 Å². The Hall–Kier alpha value is -3.84. The van der Waals surface area contributed by atoms with Crippen molar-refractivity contribution in [3.8, 4) is 0 Å². The average Bonchev–Trinajstić information content (AvgIpc) is 2.92. The van der Waals surface area contributed by atoms with E-state index in [1.807, 2.05) is 30.3 Å². The first-order valence-corrected chi connectivity index (χ1v) is 12.9. The minimum atomic E-state index is -0.260. The lowest BCUT2D eigenvalue weighted by molar-refractivity contribution is -0.114. The van der Waals surface area contributed by atoms with E-state index in [1.165, 1.54) is 6.42 Å². The van der Waals surface area contributed by atoms with Crippen molar-refractivity contribution in [1.82, 2.24) is 10.6 Å². The largest absolute Gasteiger partial charge is 0.376 e. The fourth-order valence-electron chi connectivity index (χ4n) is 4.29. The fourth-order valence-corrected chi connectivity index (χ4v) is 4.50. The molecule has 4 N–H and O–H groups in total. The standard InChI is InChI=1S/C29H31ClN4O3/c30-26-16-15-24(17-25(26)29(37)34-22-9-5-2-6-10-22)31-19-27(35)33-23-13-11-21(12-14-23)28(36)32-18-20-7-3-1-4-8-20/h1,3-4,7-8,11-17,22,31H,2,5-6,9-10,18-19H2,(H,32,36)(H,33,35)(H,34,37). The fraction of sp³-hybridized carbons (Fsp3) is 0.276. The first-order valence-electron chi connectivity index (χ1n) is 12.5. The van der Waals surface area contributed by atoms with Crippen molar-refractivity contribution in [2.45, 2.75) is 44.7 Å². The van der Waals surface area contributed by atoms with Gasteiger partial charge in [0, 0.05) is 29.5 Å². The number of halogens is 1. The molecule has 3 amide bonds. The van der Waals surface area contributed by atoms with Gasteiger partial charge in [-0.2, -0.15) is 0 Å². The Morgan fingerprint density at radius 1 is 0.811 bits per heavy atom. The average molecular weight is 519 g/mol. The van der Waals surface area contributed by atoms with Crippen molar-refractivity contribution in [2.24, 2.45) is 0 Å². The number of anilines is 2. The van der Waals surface area contributed by atoms with E-state index in [9.17, 15) is 14.4 Å². The second-order valence-corrected chi connectivity index (χ2v) is 9.56. The number of amides is 3. The first-order chi connectivity index (χ1) is 18.0. The highest BCUT2D eigenvalue weighted by Gasteiger charge is 2.18. The van der Waals surface area contributed by atoms with Gasteiger partial charge in [0.15, 0.2) is 0 Å². The molecular weight excluding hydrogens is 488 g/mol. The van der Waals surface area contributed by atoms with E-state index in [0.717, 1.165) is 31.2 Å². The Balaban J connectivity index is 1.26. The third-order valence-electron chi connectivity index (χ3n) is 6.33. The Morgan fingerprint density at radius 2 is 1.51 bits per heavy atom. The van der Waals surface area contributed by atoms with Gasteiger partial charge < -0.3 is 21.3 Å². The molecule has 4 rings (SSSR count). The Labute approximate surface area is 222 Å². The number of hydrogen-bond donors (Lipinski definition) is 4. The maximum absolute atomic E-state index is 12.7. The number of carbonyl (C=O) groups is 3. The lowest BCUT2D eigenvalue weighted by atomic mass is 9.95. The van der Waals surface area contributed by atoms with E-state index < -0.39 is 0 Å². The van der Waals surface area contributed by atoms with E-state index in [2.05, 4.69) is 21.3 Å². The normalized spacial score (nSPS) is 13.4. The van der Waals surface area contributed by atoms with Crippen LogP contribution in [0.4, 0.5) is 11.4 Å². The number of carbonyl (C=O) groups excluding carboxylic acids is 3. The van der Waals surface area contributed by atoms with Crippen molar-refractivity contribution in [2.75, 3.05) is 17.2 Å². The monoisotopic (exact) mass is 518 g/mol. The summed E-state index contributed by atoms with van der Waals surface area (Å²) in [5.41, 5.74) is 3.12. The van der Waals surface area contributed by atoms with Gasteiger partial charge in [0.1, 0.15) is 0 Å². The van der Waals surface area contributed by atoms with Crippen LogP contribution in [0.3, 0.4) is 0 Å². The maximum atomic E-state index is 12.7. The molecule has 8 heteroatoms. The van der Waals surface area contributed by atoms with Gasteiger partial charge in [-0.15, -0.1) is 0 Å². The quantitative estimate of drug-likeness (QED) is 0.305. The highest BCUT2D eigenvalue weighted by Crippen LogP contribution is 2.23. The molecule has 0 aromatic heterocycles. The van der Waals surface area contributed by atoms with Crippen LogP contribution < -0.4 is 21.3 Å². The molecule has 0 spiro atoms. The summed E-state index contributed by atoms with van der Waals surface area (Å²) in [6, 6.07) is 21.6. The zero-order valence-electron chi connectivity index (χ0n) is 20.6. The Bertz CT molecular complexity index is 1230. The lowest BCUT2D eigenvalue weighted by Crippen LogP contribution is -2.36. The van der Waals surface area contributed by atoms with Crippen LogP contribution in [0.15, 0.2) is 72.8 Å². The number of nitrogens with one attached hydrogen (secondary N) is 4. The van der Waals surface area contributed by atoms with Gasteiger partial charge in [-0.25, -0.2) is 0 Å². The van der Waals surface area contributed by atoms with Gasteiger partial charge in [0.05, 0.1) is 17.1 Å². The van der Waals surface area contributed by atoms with Crippen molar-refractivity contribution in [3.05, 3.63) is 94.5 Å². The molecular formula is C29H31ClN4O3. The molecule has 0 atom stereocenters. The van der Waals surface area contributed by atoms with Crippen LogP contribution in [0.5, 0.6) is 0 Å². The van der Waals surface area contributed by atoms with Crippen LogP contribution in [0.2, 0.25) is 5.02 Å². The van der Waals surface area contributed by atoms with Gasteiger partial charge in [0.25, 0.3) is 11.8 Å². The smallest absolute Gasteiger partial charge is 0.253 e. The summed E-state index contributed by atoms with van der Waals surface area (Å²) in [5.74, 6) is -0.642. The van der Waals surface area contributed by atoms with Crippen LogP contribution in [0.25, 0.3) is 0 Å². The van der Waals surface area contributed by atoms with Crippen LogP contribution in [0, 0.1) is 0 Å². The molecule has 0 heterocycles. The molecule has 0 unspecified atom stereocenters. The number of hydrogen-bond acceptors (Lipinski definition) is 4. The molecule has 37 heavy (non-hydrogen) atoms. The summed E-state index contributed by atoms with van der Waals surface area (Å²) in [7, 11) is 0. The SMILES string of the molecule is O=C(CNc1ccc(Cl)c(C(=O)NC2CCCCC2)c1)Nc1ccc(C(=O)NCc2ccccc2)cc1. The molecule has 1 fully saturated rings. The molecule has 0 aliphatic heterocycles. The predicted molar refractivity (Wildman–Crippen MR) is 147 cm³/mol. The molecule has 1 aliphatic rings. The van der Waals surface area contributed by atoms with Crippen LogP contribution >= 0.6 is 11.6 Å². The summed E-state index contributed by atoms with van der Waals surface area (Å²) in [4.78, 5) is 37.6. The van der Waals surface area contributed by atoms with Gasteiger partial charge >= 0.3 is 0 Å². The van der Waals surface area contributed by atoms with Gasteiger partial charge in [-0.05, 0) is 60.9 Å². The molecule has 192 valence electrons. The lowest BCUT2D eigenvalue weighted by Gasteiger charge is -2.23. The van der Waals surface area contributed by atoms with Crippen LogP contribution in [-0.4, -0.2) is 30.3 Å². The second kappa shape index (κ2) is 12.9.